The number of rotatable bonds is 1. The summed E-state index contributed by atoms with van der Waals surface area (Å²) in [7, 11) is 0. The van der Waals surface area contributed by atoms with Crippen LogP contribution < -0.4 is 5.32 Å². The predicted octanol–water partition coefficient (Wildman–Crippen LogP) is 1.16. The van der Waals surface area contributed by atoms with Gasteiger partial charge in [-0.25, -0.2) is 9.97 Å². The summed E-state index contributed by atoms with van der Waals surface area (Å²) in [6.07, 6.45) is 1.83. The van der Waals surface area contributed by atoms with Crippen molar-refractivity contribution in [3.63, 3.8) is 0 Å². The molecule has 0 radical (unpaired) electrons. The molecule has 2 rings (SSSR count). The lowest BCUT2D eigenvalue weighted by atomic mass is 10.2. The molecule has 0 saturated carbocycles. The van der Waals surface area contributed by atoms with Gasteiger partial charge in [-0.05, 0) is 13.0 Å². The second-order valence-corrected chi connectivity index (χ2v) is 4.26. The standard InChI is InChI=1S/C9H13N3S/c1-7-10-3-2-8(12-7)9-6-13-5-4-11-9/h2-3,9,11H,4-6H2,1H3. The number of nitrogens with one attached hydrogen (secondary N) is 1. The molecular weight excluding hydrogens is 182 g/mol. The van der Waals surface area contributed by atoms with Crippen LogP contribution in [0.15, 0.2) is 12.3 Å². The molecule has 0 aliphatic carbocycles. The number of aryl methyl sites for hydroxylation is 1. The molecule has 0 spiro atoms. The Morgan fingerprint density at radius 3 is 3.23 bits per heavy atom. The van der Waals surface area contributed by atoms with Gasteiger partial charge in [0.05, 0.1) is 11.7 Å². The fraction of sp³-hybridized carbons (Fsp3) is 0.556. The third kappa shape index (κ3) is 2.19. The molecule has 70 valence electrons. The molecule has 1 aliphatic heterocycles. The van der Waals surface area contributed by atoms with Crippen LogP contribution in [0.2, 0.25) is 0 Å². The Hall–Kier alpha value is -0.610. The van der Waals surface area contributed by atoms with Crippen LogP contribution in [-0.2, 0) is 0 Å². The van der Waals surface area contributed by atoms with Crippen molar-refractivity contribution in [1.29, 1.82) is 0 Å². The average molecular weight is 195 g/mol. The maximum atomic E-state index is 4.41. The van der Waals surface area contributed by atoms with E-state index in [1.54, 1.807) is 0 Å². The minimum Gasteiger partial charge on any atom is -0.307 e. The Labute approximate surface area is 82.4 Å². The lowest BCUT2D eigenvalue weighted by Crippen LogP contribution is -2.30. The van der Waals surface area contributed by atoms with Gasteiger partial charge >= 0.3 is 0 Å². The summed E-state index contributed by atoms with van der Waals surface area (Å²) in [4.78, 5) is 8.50. The zero-order chi connectivity index (χ0) is 9.10. The number of nitrogens with zero attached hydrogens (tertiary/aromatic N) is 2. The fourth-order valence-corrected chi connectivity index (χ4v) is 2.38. The van der Waals surface area contributed by atoms with E-state index >= 15 is 0 Å². The number of hydrogen-bond donors (Lipinski definition) is 1. The van der Waals surface area contributed by atoms with Gasteiger partial charge in [0.25, 0.3) is 0 Å². The van der Waals surface area contributed by atoms with E-state index in [0.717, 1.165) is 23.8 Å². The summed E-state index contributed by atoms with van der Waals surface area (Å²) in [5.41, 5.74) is 1.12. The van der Waals surface area contributed by atoms with Gasteiger partial charge in [0.2, 0.25) is 0 Å². The van der Waals surface area contributed by atoms with Crippen LogP contribution in [0.25, 0.3) is 0 Å². The van der Waals surface area contributed by atoms with Crippen molar-refractivity contribution in [2.75, 3.05) is 18.1 Å². The molecule has 0 aromatic carbocycles. The van der Waals surface area contributed by atoms with Gasteiger partial charge in [0.15, 0.2) is 0 Å². The molecular formula is C9H13N3S. The number of thioether (sulfide) groups is 1. The average Bonchev–Trinajstić information content (AvgIpc) is 2.19. The van der Waals surface area contributed by atoms with Crippen molar-refractivity contribution in [3.8, 4) is 0 Å². The van der Waals surface area contributed by atoms with Crippen LogP contribution in [-0.4, -0.2) is 28.0 Å². The first-order chi connectivity index (χ1) is 6.36. The molecule has 1 aromatic rings. The summed E-state index contributed by atoms with van der Waals surface area (Å²) >= 11 is 1.98. The SMILES string of the molecule is Cc1nccc(C2CSCCN2)n1. The molecule has 1 N–H and O–H groups in total. The molecule has 2 heterocycles. The molecule has 1 unspecified atom stereocenters. The molecule has 1 aliphatic rings. The van der Waals surface area contributed by atoms with E-state index in [1.165, 1.54) is 5.75 Å². The highest BCUT2D eigenvalue weighted by Crippen LogP contribution is 2.19. The van der Waals surface area contributed by atoms with Crippen LogP contribution in [0.5, 0.6) is 0 Å². The molecule has 1 aromatic heterocycles. The number of hydrogen-bond acceptors (Lipinski definition) is 4. The smallest absolute Gasteiger partial charge is 0.125 e. The second kappa shape index (κ2) is 4.07. The maximum Gasteiger partial charge on any atom is 0.125 e. The third-order valence-electron chi connectivity index (χ3n) is 2.08. The minimum absolute atomic E-state index is 0.417. The molecule has 1 atom stereocenters. The van der Waals surface area contributed by atoms with Crippen molar-refractivity contribution >= 4 is 11.8 Å². The van der Waals surface area contributed by atoms with Gasteiger partial charge in [0.1, 0.15) is 5.82 Å². The zero-order valence-electron chi connectivity index (χ0n) is 7.66. The monoisotopic (exact) mass is 195 g/mol. The molecule has 3 nitrogen and oxygen atoms in total. The van der Waals surface area contributed by atoms with Gasteiger partial charge in [-0.3, -0.25) is 0 Å². The molecule has 13 heavy (non-hydrogen) atoms. The van der Waals surface area contributed by atoms with E-state index in [1.807, 2.05) is 30.9 Å². The molecule has 4 heteroatoms. The lowest BCUT2D eigenvalue weighted by molar-refractivity contribution is 0.577. The minimum atomic E-state index is 0.417. The summed E-state index contributed by atoms with van der Waals surface area (Å²) in [6.45, 7) is 3.01. The second-order valence-electron chi connectivity index (χ2n) is 3.11. The Kier molecular flexibility index (Phi) is 2.80. The lowest BCUT2D eigenvalue weighted by Gasteiger charge is -2.22. The Balaban J connectivity index is 2.14. The van der Waals surface area contributed by atoms with Crippen molar-refractivity contribution in [2.24, 2.45) is 0 Å². The summed E-state index contributed by atoms with van der Waals surface area (Å²) in [6, 6.07) is 2.41. The quantitative estimate of drug-likeness (QED) is 0.730. The van der Waals surface area contributed by atoms with Gasteiger partial charge in [-0.15, -0.1) is 0 Å². The van der Waals surface area contributed by atoms with Crippen molar-refractivity contribution in [1.82, 2.24) is 15.3 Å². The highest BCUT2D eigenvalue weighted by atomic mass is 32.2. The normalized spacial score (nSPS) is 23.0. The summed E-state index contributed by atoms with van der Waals surface area (Å²) in [5.74, 6) is 3.19. The summed E-state index contributed by atoms with van der Waals surface area (Å²) in [5, 5.41) is 3.45. The van der Waals surface area contributed by atoms with E-state index in [0.29, 0.717) is 6.04 Å². The van der Waals surface area contributed by atoms with Gasteiger partial charge < -0.3 is 5.32 Å². The van der Waals surface area contributed by atoms with E-state index in [9.17, 15) is 0 Å². The van der Waals surface area contributed by atoms with Gasteiger partial charge in [-0.2, -0.15) is 11.8 Å². The van der Waals surface area contributed by atoms with Crippen LogP contribution in [0.1, 0.15) is 17.6 Å². The van der Waals surface area contributed by atoms with Crippen LogP contribution >= 0.6 is 11.8 Å². The molecule has 1 saturated heterocycles. The van der Waals surface area contributed by atoms with E-state index in [2.05, 4.69) is 15.3 Å². The molecule has 0 bridgehead atoms. The Morgan fingerprint density at radius 2 is 2.54 bits per heavy atom. The van der Waals surface area contributed by atoms with Gasteiger partial charge in [0, 0.05) is 24.2 Å². The van der Waals surface area contributed by atoms with Crippen LogP contribution in [0.3, 0.4) is 0 Å². The van der Waals surface area contributed by atoms with E-state index < -0.39 is 0 Å². The largest absolute Gasteiger partial charge is 0.307 e. The number of aromatic nitrogens is 2. The highest BCUT2D eigenvalue weighted by molar-refractivity contribution is 7.99. The van der Waals surface area contributed by atoms with E-state index in [-0.39, 0.29) is 0 Å². The first-order valence-electron chi connectivity index (χ1n) is 4.47. The predicted molar refractivity (Wildman–Crippen MR) is 54.8 cm³/mol. The zero-order valence-corrected chi connectivity index (χ0v) is 8.47. The van der Waals surface area contributed by atoms with Crippen molar-refractivity contribution in [2.45, 2.75) is 13.0 Å². The van der Waals surface area contributed by atoms with Crippen molar-refractivity contribution in [3.05, 3.63) is 23.8 Å². The Morgan fingerprint density at radius 1 is 1.62 bits per heavy atom. The summed E-state index contributed by atoms with van der Waals surface area (Å²) < 4.78 is 0. The van der Waals surface area contributed by atoms with Gasteiger partial charge in [-0.1, -0.05) is 0 Å². The highest BCUT2D eigenvalue weighted by Gasteiger charge is 2.15. The first kappa shape index (κ1) is 8.97. The van der Waals surface area contributed by atoms with Crippen LogP contribution in [0.4, 0.5) is 0 Å². The third-order valence-corrected chi connectivity index (χ3v) is 3.14. The first-order valence-corrected chi connectivity index (χ1v) is 5.62. The van der Waals surface area contributed by atoms with Crippen molar-refractivity contribution < 1.29 is 0 Å². The topological polar surface area (TPSA) is 37.8 Å². The maximum absolute atomic E-state index is 4.41. The molecule has 0 amide bonds. The van der Waals surface area contributed by atoms with Crippen LogP contribution in [0, 0.1) is 6.92 Å². The van der Waals surface area contributed by atoms with E-state index in [4.69, 9.17) is 0 Å². The Bertz CT molecular complexity index is 284. The molecule has 1 fully saturated rings. The fourth-order valence-electron chi connectivity index (χ4n) is 1.42.